The number of anilines is 3. The predicted octanol–water partition coefficient (Wildman–Crippen LogP) is 14.8. The Labute approximate surface area is 334 Å². The van der Waals surface area contributed by atoms with Crippen LogP contribution in [0.1, 0.15) is 68.2 Å². The van der Waals surface area contributed by atoms with E-state index in [0.29, 0.717) is 0 Å². The molecule has 0 amide bonds. The number of benzene rings is 7. The average Bonchev–Trinajstić information content (AvgIpc) is 3.84. The van der Waals surface area contributed by atoms with Gasteiger partial charge in [-0.1, -0.05) is 123 Å². The van der Waals surface area contributed by atoms with Gasteiger partial charge in [0.15, 0.2) is 0 Å². The summed E-state index contributed by atoms with van der Waals surface area (Å²) < 4.78 is 6.50. The van der Waals surface area contributed by atoms with Crippen molar-refractivity contribution in [1.29, 1.82) is 0 Å². The van der Waals surface area contributed by atoms with E-state index in [1.54, 1.807) is 11.1 Å². The fraction of sp³-hybridized carbons (Fsp3) is 0.236. The number of hydrogen-bond donors (Lipinski definition) is 0. The first-order valence-electron chi connectivity index (χ1n) is 21.3. The van der Waals surface area contributed by atoms with Gasteiger partial charge in [0.1, 0.15) is 11.2 Å². The summed E-state index contributed by atoms with van der Waals surface area (Å²) >= 11 is 0. The largest absolute Gasteiger partial charge is 0.455 e. The Morgan fingerprint density at radius 1 is 0.456 bits per heavy atom. The second-order valence-corrected chi connectivity index (χ2v) is 18.5. The highest BCUT2D eigenvalue weighted by atomic mass is 16.3. The number of nitrogens with zero attached hydrogens (tertiary/aromatic N) is 1. The average molecular weight is 736 g/mol. The van der Waals surface area contributed by atoms with Crippen molar-refractivity contribution in [2.75, 3.05) is 4.90 Å². The minimum Gasteiger partial charge on any atom is -0.455 e. The molecule has 1 aromatic heterocycles. The molecule has 4 saturated carbocycles. The summed E-state index contributed by atoms with van der Waals surface area (Å²) in [6.45, 7) is 4.78. The highest BCUT2D eigenvalue weighted by molar-refractivity contribution is 6.09. The Balaban J connectivity index is 0.993. The zero-order valence-corrected chi connectivity index (χ0v) is 32.6. The molecule has 14 rings (SSSR count). The van der Waals surface area contributed by atoms with Gasteiger partial charge in [-0.15, -0.1) is 0 Å². The lowest BCUT2D eigenvalue weighted by Gasteiger charge is -2.61. The maximum absolute atomic E-state index is 6.50. The first kappa shape index (κ1) is 32.2. The number of rotatable bonds is 4. The van der Waals surface area contributed by atoms with E-state index < -0.39 is 0 Å². The smallest absolute Gasteiger partial charge is 0.143 e. The van der Waals surface area contributed by atoms with Gasteiger partial charge in [-0.3, -0.25) is 0 Å². The van der Waals surface area contributed by atoms with Crippen LogP contribution >= 0.6 is 0 Å². The van der Waals surface area contributed by atoms with Gasteiger partial charge in [0.05, 0.1) is 0 Å². The summed E-state index contributed by atoms with van der Waals surface area (Å²) in [7, 11) is 0. The van der Waals surface area contributed by atoms with Crippen molar-refractivity contribution in [2.24, 2.45) is 23.7 Å². The van der Waals surface area contributed by atoms with Crippen molar-refractivity contribution in [3.05, 3.63) is 174 Å². The SMILES string of the molecule is CC1(C)c2ccccc2-c2ccc(N(c3ccc(-c4cccc5c4oc4ccccc45)cc3)c3ccc4c(c3)C3(c5ccccc5-4)C4CC5CC(C4)CC3C5)cc21. The fourth-order valence-electron chi connectivity index (χ4n) is 13.3. The Morgan fingerprint density at radius 2 is 1.00 bits per heavy atom. The molecule has 1 heterocycles. The minimum atomic E-state index is -0.0905. The zero-order chi connectivity index (χ0) is 37.6. The van der Waals surface area contributed by atoms with Crippen LogP contribution in [-0.4, -0.2) is 0 Å². The van der Waals surface area contributed by atoms with Crippen LogP contribution in [-0.2, 0) is 10.8 Å². The molecule has 4 bridgehead atoms. The van der Waals surface area contributed by atoms with Crippen molar-refractivity contribution in [3.8, 4) is 33.4 Å². The van der Waals surface area contributed by atoms with Gasteiger partial charge in [-0.25, -0.2) is 0 Å². The normalized spacial score (nSPS) is 24.2. The predicted molar refractivity (Wildman–Crippen MR) is 235 cm³/mol. The molecule has 7 aromatic carbocycles. The van der Waals surface area contributed by atoms with E-state index in [1.165, 1.54) is 82.5 Å². The van der Waals surface area contributed by atoms with Gasteiger partial charge < -0.3 is 9.32 Å². The van der Waals surface area contributed by atoms with Gasteiger partial charge >= 0.3 is 0 Å². The third kappa shape index (κ3) is 4.26. The fourth-order valence-corrected chi connectivity index (χ4v) is 13.3. The first-order chi connectivity index (χ1) is 28.0. The second kappa shape index (κ2) is 11.4. The Hall–Kier alpha value is -5.86. The van der Waals surface area contributed by atoms with E-state index in [-0.39, 0.29) is 10.8 Å². The van der Waals surface area contributed by atoms with Gasteiger partial charge in [-0.2, -0.15) is 0 Å². The van der Waals surface area contributed by atoms with Gasteiger partial charge in [0.2, 0.25) is 0 Å². The molecule has 57 heavy (non-hydrogen) atoms. The molecule has 0 atom stereocenters. The summed E-state index contributed by atoms with van der Waals surface area (Å²) in [5.41, 5.74) is 19.4. The number of furan rings is 1. The van der Waals surface area contributed by atoms with E-state index in [1.807, 2.05) is 0 Å². The van der Waals surface area contributed by atoms with Crippen LogP contribution < -0.4 is 4.90 Å². The lowest BCUT2D eigenvalue weighted by atomic mass is 9.43. The van der Waals surface area contributed by atoms with Crippen LogP contribution in [0.5, 0.6) is 0 Å². The molecule has 2 heteroatoms. The van der Waals surface area contributed by atoms with Crippen LogP contribution in [0.2, 0.25) is 0 Å². The minimum absolute atomic E-state index is 0.0905. The highest BCUT2D eigenvalue weighted by Crippen LogP contribution is 2.69. The van der Waals surface area contributed by atoms with Gasteiger partial charge in [0.25, 0.3) is 0 Å². The maximum atomic E-state index is 6.50. The van der Waals surface area contributed by atoms with E-state index in [4.69, 9.17) is 4.42 Å². The molecule has 2 nitrogen and oxygen atoms in total. The summed E-state index contributed by atoms with van der Waals surface area (Å²) in [4.78, 5) is 2.54. The highest BCUT2D eigenvalue weighted by Gasteiger charge is 2.61. The molecular formula is C55H45NO. The third-order valence-electron chi connectivity index (χ3n) is 15.5. The molecule has 0 aliphatic heterocycles. The van der Waals surface area contributed by atoms with E-state index >= 15 is 0 Å². The molecule has 0 radical (unpaired) electrons. The van der Waals surface area contributed by atoms with Crippen molar-refractivity contribution >= 4 is 39.0 Å². The van der Waals surface area contributed by atoms with Crippen LogP contribution in [0.25, 0.3) is 55.3 Å². The molecule has 0 N–H and O–H groups in total. The molecule has 1 spiro atoms. The molecule has 6 aliphatic carbocycles. The summed E-state index contributed by atoms with van der Waals surface area (Å²) in [5, 5.41) is 2.32. The van der Waals surface area contributed by atoms with Crippen molar-refractivity contribution < 1.29 is 4.42 Å². The quantitative estimate of drug-likeness (QED) is 0.179. The summed E-state index contributed by atoms with van der Waals surface area (Å²) in [6.07, 6.45) is 7.00. The molecule has 8 aromatic rings. The standard InChI is InChI=1S/C55H45NO/c1-54(2)48-15-6-3-10-42(48)44-24-22-39(31-50(44)54)56(38-20-18-35(19-21-38)41-13-9-14-47-46-12-5-8-17-52(46)57-53(41)47)40-23-25-45-43-11-4-7-16-49(43)55(51(45)32-40)36-27-33-26-34(29-36)30-37(55)28-33/h3-25,31-34,36-37H,26-30H2,1-2H3. The Bertz CT molecular complexity index is 2930. The monoisotopic (exact) mass is 735 g/mol. The number of fused-ring (bicyclic) bond motifs is 9. The Kier molecular flexibility index (Phi) is 6.44. The summed E-state index contributed by atoms with van der Waals surface area (Å²) in [5.74, 6) is 3.27. The van der Waals surface area contributed by atoms with Crippen molar-refractivity contribution in [3.63, 3.8) is 0 Å². The van der Waals surface area contributed by atoms with Gasteiger partial charge in [0, 0.05) is 44.2 Å². The second-order valence-electron chi connectivity index (χ2n) is 18.5. The van der Waals surface area contributed by atoms with E-state index in [2.05, 4.69) is 170 Å². The van der Waals surface area contributed by atoms with Crippen LogP contribution in [0, 0.1) is 23.7 Å². The molecule has 6 aliphatic rings. The third-order valence-corrected chi connectivity index (χ3v) is 15.5. The molecule has 276 valence electrons. The van der Waals surface area contributed by atoms with Crippen molar-refractivity contribution in [2.45, 2.75) is 56.8 Å². The number of para-hydroxylation sites is 2. The Morgan fingerprint density at radius 3 is 1.74 bits per heavy atom. The topological polar surface area (TPSA) is 16.4 Å². The van der Waals surface area contributed by atoms with Crippen LogP contribution in [0.15, 0.2) is 156 Å². The number of hydrogen-bond acceptors (Lipinski definition) is 2. The zero-order valence-electron chi connectivity index (χ0n) is 32.6. The lowest BCUT2D eigenvalue weighted by molar-refractivity contribution is -0.0399. The lowest BCUT2D eigenvalue weighted by Crippen LogP contribution is -2.55. The van der Waals surface area contributed by atoms with Crippen LogP contribution in [0.3, 0.4) is 0 Å². The molecular weight excluding hydrogens is 691 g/mol. The maximum Gasteiger partial charge on any atom is 0.143 e. The van der Waals surface area contributed by atoms with Crippen LogP contribution in [0.4, 0.5) is 17.1 Å². The molecule has 0 saturated heterocycles. The van der Waals surface area contributed by atoms with Crippen molar-refractivity contribution in [1.82, 2.24) is 0 Å². The van der Waals surface area contributed by atoms with Gasteiger partial charge in [-0.05, 0) is 148 Å². The molecule has 4 fully saturated rings. The van der Waals surface area contributed by atoms with E-state index in [9.17, 15) is 0 Å². The van der Waals surface area contributed by atoms with E-state index in [0.717, 1.165) is 56.7 Å². The molecule has 0 unspecified atom stereocenters. The first-order valence-corrected chi connectivity index (χ1v) is 21.3. The summed E-state index contributed by atoms with van der Waals surface area (Å²) in [6, 6.07) is 57.3.